The van der Waals surface area contributed by atoms with E-state index in [1.807, 2.05) is 0 Å². The van der Waals surface area contributed by atoms with E-state index in [-0.39, 0.29) is 24.1 Å². The Hall–Kier alpha value is -1.25. The Morgan fingerprint density at radius 2 is 1.36 bits per heavy atom. The van der Waals surface area contributed by atoms with Crippen molar-refractivity contribution in [2.45, 2.75) is 277 Å². The first-order valence-electron chi connectivity index (χ1n) is 27.7. The number of hydrogen-bond acceptors (Lipinski definition) is 7. The van der Waals surface area contributed by atoms with E-state index in [9.17, 15) is 20.1 Å². The molecule has 0 radical (unpaired) electrons. The summed E-state index contributed by atoms with van der Waals surface area (Å²) in [7, 11) is 0. The minimum atomic E-state index is -1.44. The molecule has 4 fully saturated rings. The highest BCUT2D eigenvalue weighted by molar-refractivity contribution is 5.69. The van der Waals surface area contributed by atoms with Crippen molar-refractivity contribution in [2.75, 3.05) is 6.61 Å². The van der Waals surface area contributed by atoms with Crippen LogP contribution in [0.2, 0.25) is 0 Å². The molecule has 1 aliphatic heterocycles. The lowest BCUT2D eigenvalue weighted by atomic mass is 9.47. The van der Waals surface area contributed by atoms with E-state index in [4.69, 9.17) is 14.2 Å². The topological polar surface area (TPSA) is 105 Å². The summed E-state index contributed by atoms with van der Waals surface area (Å²) >= 11 is 0. The minimum absolute atomic E-state index is 0.140. The number of rotatable bonds is 30. The molecule has 0 aromatic heterocycles. The van der Waals surface area contributed by atoms with Crippen LogP contribution in [0.25, 0.3) is 0 Å². The summed E-state index contributed by atoms with van der Waals surface area (Å²) in [6.07, 6.45) is 38.9. The van der Waals surface area contributed by atoms with Gasteiger partial charge in [0, 0.05) is 6.42 Å². The standard InChI is InChI=1S/C57H100O7/c1-7-8-9-10-11-12-13-14-15-16-17-18-19-20-21-22-23-24-25-26-27-31-51(58)62-41-50-52(59)53(60)54(61)55(64-50)63-45-36-38-56(5)44(40-45)32-33-46-48-35-34-47(43(4)30-28-29-42(2)3)57(48,6)39-37-49(46)56/h16-17,32,42-43,45-50,52-55,59-61H,7-15,18-31,33-41H2,1-6H3/b17-16-. The maximum absolute atomic E-state index is 12.7. The van der Waals surface area contributed by atoms with Gasteiger partial charge in [0.05, 0.1) is 6.10 Å². The lowest BCUT2D eigenvalue weighted by Gasteiger charge is -2.58. The van der Waals surface area contributed by atoms with E-state index in [2.05, 4.69) is 59.8 Å². The summed E-state index contributed by atoms with van der Waals surface area (Å²) in [6, 6.07) is 0. The lowest BCUT2D eigenvalue weighted by Crippen LogP contribution is -2.60. The molecule has 0 aromatic carbocycles. The molecule has 0 amide bonds. The average Bonchev–Trinajstić information content (AvgIpc) is 3.64. The normalized spacial score (nSPS) is 34.4. The fourth-order valence-electron chi connectivity index (χ4n) is 13.8. The molecule has 3 saturated carbocycles. The van der Waals surface area contributed by atoms with Gasteiger partial charge in [-0.15, -0.1) is 0 Å². The van der Waals surface area contributed by atoms with Gasteiger partial charge in [0.15, 0.2) is 6.29 Å². The van der Waals surface area contributed by atoms with Crippen LogP contribution in [0, 0.1) is 46.3 Å². The fourth-order valence-corrected chi connectivity index (χ4v) is 13.8. The first-order chi connectivity index (χ1) is 30.9. The molecular weight excluding hydrogens is 797 g/mol. The molecule has 370 valence electrons. The summed E-state index contributed by atoms with van der Waals surface area (Å²) in [5.74, 6) is 4.44. The van der Waals surface area contributed by atoms with E-state index < -0.39 is 30.7 Å². The zero-order chi connectivity index (χ0) is 46.0. The Bertz CT molecular complexity index is 1380. The van der Waals surface area contributed by atoms with Crippen molar-refractivity contribution in [3.05, 3.63) is 23.8 Å². The van der Waals surface area contributed by atoms with Gasteiger partial charge in [-0.05, 0) is 130 Å². The number of aliphatic hydroxyl groups excluding tert-OH is 3. The van der Waals surface area contributed by atoms with Crippen LogP contribution in [-0.4, -0.2) is 64.7 Å². The van der Waals surface area contributed by atoms with Crippen LogP contribution in [0.15, 0.2) is 23.8 Å². The molecule has 7 heteroatoms. The highest BCUT2D eigenvalue weighted by Crippen LogP contribution is 2.67. The molecule has 13 atom stereocenters. The highest BCUT2D eigenvalue weighted by atomic mass is 16.7. The number of ether oxygens (including phenoxy) is 3. The number of unbranched alkanes of at least 4 members (excludes halogenated alkanes) is 17. The molecule has 1 heterocycles. The smallest absolute Gasteiger partial charge is 0.305 e. The van der Waals surface area contributed by atoms with Gasteiger partial charge in [-0.25, -0.2) is 0 Å². The fraction of sp³-hybridized carbons (Fsp3) is 0.912. The number of aliphatic hydroxyl groups is 3. The van der Waals surface area contributed by atoms with E-state index in [1.165, 1.54) is 153 Å². The number of carbonyl (C=O) groups excluding carboxylic acids is 1. The minimum Gasteiger partial charge on any atom is -0.463 e. The Morgan fingerprint density at radius 3 is 2.00 bits per heavy atom. The van der Waals surface area contributed by atoms with E-state index in [0.717, 1.165) is 74.5 Å². The van der Waals surface area contributed by atoms with Gasteiger partial charge in [-0.3, -0.25) is 4.79 Å². The van der Waals surface area contributed by atoms with Gasteiger partial charge >= 0.3 is 5.97 Å². The van der Waals surface area contributed by atoms with Crippen LogP contribution < -0.4 is 0 Å². The van der Waals surface area contributed by atoms with Crippen molar-refractivity contribution in [3.8, 4) is 0 Å². The molecule has 0 aromatic rings. The average molecular weight is 897 g/mol. The molecular formula is C57H100O7. The van der Waals surface area contributed by atoms with Gasteiger partial charge in [-0.2, -0.15) is 0 Å². The van der Waals surface area contributed by atoms with Gasteiger partial charge in [0.1, 0.15) is 31.0 Å². The van der Waals surface area contributed by atoms with Crippen molar-refractivity contribution in [1.29, 1.82) is 0 Å². The molecule has 0 spiro atoms. The van der Waals surface area contributed by atoms with Crippen molar-refractivity contribution in [1.82, 2.24) is 0 Å². The molecule has 7 nitrogen and oxygen atoms in total. The third kappa shape index (κ3) is 15.4. The third-order valence-corrected chi connectivity index (χ3v) is 17.8. The molecule has 1 saturated heterocycles. The summed E-state index contributed by atoms with van der Waals surface area (Å²) < 4.78 is 18.1. The Balaban J connectivity index is 0.932. The molecule has 13 unspecified atom stereocenters. The Kier molecular flexibility index (Phi) is 23.2. The number of allylic oxidation sites excluding steroid dienone is 3. The largest absolute Gasteiger partial charge is 0.463 e. The summed E-state index contributed by atoms with van der Waals surface area (Å²) in [6.45, 7) is 14.5. The maximum atomic E-state index is 12.7. The molecule has 0 bridgehead atoms. The quantitative estimate of drug-likeness (QED) is 0.0375. The number of carbonyl (C=O) groups is 1. The van der Waals surface area contributed by atoms with Gasteiger partial charge in [0.2, 0.25) is 0 Å². The SMILES string of the molecule is CCCCCCCCCC/C=C\CCCCCCCCCCCC(=O)OCC1OC(OC2CCC3(C)C(=CCC4C3CCC3(C)C(C(C)CCCC(C)C)CCC43)C2)C(O)C(O)C1O. The second-order valence-electron chi connectivity index (χ2n) is 22.9. The molecule has 5 rings (SSSR count). The van der Waals surface area contributed by atoms with Crippen molar-refractivity contribution >= 4 is 5.97 Å². The summed E-state index contributed by atoms with van der Waals surface area (Å²) in [5.41, 5.74) is 2.14. The van der Waals surface area contributed by atoms with Crippen LogP contribution in [0.5, 0.6) is 0 Å². The Labute approximate surface area is 393 Å². The first-order valence-corrected chi connectivity index (χ1v) is 27.7. The molecule has 5 aliphatic rings. The van der Waals surface area contributed by atoms with Crippen LogP contribution in [0.1, 0.15) is 241 Å². The predicted molar refractivity (Wildman–Crippen MR) is 263 cm³/mol. The molecule has 64 heavy (non-hydrogen) atoms. The second-order valence-corrected chi connectivity index (χ2v) is 22.9. The van der Waals surface area contributed by atoms with E-state index >= 15 is 0 Å². The zero-order valence-corrected chi connectivity index (χ0v) is 42.3. The third-order valence-electron chi connectivity index (χ3n) is 17.8. The predicted octanol–water partition coefficient (Wildman–Crippen LogP) is 14.1. The van der Waals surface area contributed by atoms with Crippen LogP contribution in [0.4, 0.5) is 0 Å². The van der Waals surface area contributed by atoms with Gasteiger partial charge < -0.3 is 29.5 Å². The van der Waals surface area contributed by atoms with Crippen LogP contribution >= 0.6 is 0 Å². The Morgan fingerprint density at radius 1 is 0.734 bits per heavy atom. The van der Waals surface area contributed by atoms with Gasteiger partial charge in [0.25, 0.3) is 0 Å². The molecule has 3 N–H and O–H groups in total. The van der Waals surface area contributed by atoms with Crippen molar-refractivity contribution < 1.29 is 34.3 Å². The van der Waals surface area contributed by atoms with Crippen LogP contribution in [0.3, 0.4) is 0 Å². The monoisotopic (exact) mass is 897 g/mol. The zero-order valence-electron chi connectivity index (χ0n) is 42.3. The highest BCUT2D eigenvalue weighted by Gasteiger charge is 2.59. The van der Waals surface area contributed by atoms with Crippen molar-refractivity contribution in [3.63, 3.8) is 0 Å². The van der Waals surface area contributed by atoms with E-state index in [0.29, 0.717) is 17.8 Å². The van der Waals surface area contributed by atoms with E-state index in [1.54, 1.807) is 0 Å². The van der Waals surface area contributed by atoms with Crippen molar-refractivity contribution in [2.24, 2.45) is 46.3 Å². The lowest BCUT2D eigenvalue weighted by molar-refractivity contribution is -0.313. The van der Waals surface area contributed by atoms with Gasteiger partial charge in [-0.1, -0.05) is 174 Å². The van der Waals surface area contributed by atoms with Crippen LogP contribution in [-0.2, 0) is 19.0 Å². The number of hydrogen-bond donors (Lipinski definition) is 3. The first kappa shape index (κ1) is 53.7. The summed E-state index contributed by atoms with van der Waals surface area (Å²) in [5, 5.41) is 32.6. The second kappa shape index (κ2) is 27.7. The molecule has 4 aliphatic carbocycles. The number of fused-ring (bicyclic) bond motifs is 5. The summed E-state index contributed by atoms with van der Waals surface area (Å²) in [4.78, 5) is 12.7. The maximum Gasteiger partial charge on any atom is 0.305 e. The number of esters is 1.